The Bertz CT molecular complexity index is 1160. The molecule has 0 saturated carbocycles. The van der Waals surface area contributed by atoms with Crippen LogP contribution in [0.1, 0.15) is 39.4 Å². The van der Waals surface area contributed by atoms with Gasteiger partial charge < -0.3 is 14.8 Å². The normalized spacial score (nSPS) is 10.6. The van der Waals surface area contributed by atoms with Crippen molar-refractivity contribution in [3.05, 3.63) is 40.3 Å². The molecule has 0 aliphatic rings. The fourth-order valence-electron chi connectivity index (χ4n) is 2.85. The predicted octanol–water partition coefficient (Wildman–Crippen LogP) is 3.15. The Morgan fingerprint density at radius 3 is 2.75 bits per heavy atom. The van der Waals surface area contributed by atoms with Crippen molar-refractivity contribution in [2.24, 2.45) is 0 Å². The average Bonchev–Trinajstić information content (AvgIpc) is 3.36. The summed E-state index contributed by atoms with van der Waals surface area (Å²) in [6, 6.07) is 7.18. The van der Waals surface area contributed by atoms with Crippen LogP contribution in [-0.2, 0) is 9.53 Å². The molecule has 0 aliphatic heterocycles. The van der Waals surface area contributed by atoms with Gasteiger partial charge in [-0.2, -0.15) is 4.68 Å². The molecule has 0 aliphatic carbocycles. The molecule has 3 rings (SSSR count). The van der Waals surface area contributed by atoms with Crippen molar-refractivity contribution in [3.8, 4) is 11.4 Å². The molecule has 0 radical (unpaired) electrons. The Labute approximate surface area is 192 Å². The summed E-state index contributed by atoms with van der Waals surface area (Å²) in [5.41, 5.74) is 1.37. The SMILES string of the molecule is CCOC(=O)c1c(NC(=O)CSc2nnnn2-c2cccc(OC)c2)sc(C(C)=O)c1C. The topological polar surface area (TPSA) is 125 Å². The number of carbonyl (C=O) groups excluding carboxylic acids is 3. The van der Waals surface area contributed by atoms with Crippen LogP contribution in [0.25, 0.3) is 5.69 Å². The van der Waals surface area contributed by atoms with Gasteiger partial charge in [-0.05, 0) is 48.9 Å². The maximum Gasteiger partial charge on any atom is 0.341 e. The minimum Gasteiger partial charge on any atom is -0.497 e. The van der Waals surface area contributed by atoms with Crippen LogP contribution in [0.3, 0.4) is 0 Å². The molecule has 0 atom stereocenters. The average molecular weight is 476 g/mol. The van der Waals surface area contributed by atoms with E-state index in [4.69, 9.17) is 9.47 Å². The van der Waals surface area contributed by atoms with Gasteiger partial charge in [0.2, 0.25) is 11.1 Å². The number of nitrogens with one attached hydrogen (secondary N) is 1. The lowest BCUT2D eigenvalue weighted by atomic mass is 10.1. The number of thioether (sulfide) groups is 1. The van der Waals surface area contributed by atoms with E-state index >= 15 is 0 Å². The summed E-state index contributed by atoms with van der Waals surface area (Å²) in [5, 5.41) is 15.0. The molecule has 0 bridgehead atoms. The fourth-order valence-corrected chi connectivity index (χ4v) is 4.65. The lowest BCUT2D eigenvalue weighted by Crippen LogP contribution is -2.17. The summed E-state index contributed by atoms with van der Waals surface area (Å²) in [4.78, 5) is 37.3. The van der Waals surface area contributed by atoms with Crippen molar-refractivity contribution >= 4 is 45.8 Å². The Morgan fingerprint density at radius 1 is 1.28 bits per heavy atom. The third-order valence-electron chi connectivity index (χ3n) is 4.27. The summed E-state index contributed by atoms with van der Waals surface area (Å²) < 4.78 is 11.8. The first-order valence-corrected chi connectivity index (χ1v) is 11.3. The minimum atomic E-state index is -0.585. The number of benzene rings is 1. The Hall–Kier alpha value is -3.25. The Balaban J connectivity index is 1.75. The number of anilines is 1. The van der Waals surface area contributed by atoms with Crippen LogP contribution in [0.4, 0.5) is 5.00 Å². The molecule has 3 aromatic rings. The van der Waals surface area contributed by atoms with Gasteiger partial charge in [-0.1, -0.05) is 17.8 Å². The number of esters is 1. The summed E-state index contributed by atoms with van der Waals surface area (Å²) in [6.45, 7) is 4.94. The van der Waals surface area contributed by atoms with E-state index in [0.717, 1.165) is 23.1 Å². The molecule has 0 fully saturated rings. The maximum atomic E-state index is 12.6. The van der Waals surface area contributed by atoms with Crippen LogP contribution in [0.5, 0.6) is 5.75 Å². The number of nitrogens with zero attached hydrogens (tertiary/aromatic N) is 4. The second-order valence-corrected chi connectivity index (χ2v) is 8.41. The van der Waals surface area contributed by atoms with Gasteiger partial charge in [-0.15, -0.1) is 16.4 Å². The molecule has 12 heteroatoms. The minimum absolute atomic E-state index is 0.0149. The smallest absolute Gasteiger partial charge is 0.341 e. The molecule has 1 amide bonds. The Kier molecular flexibility index (Phi) is 7.59. The van der Waals surface area contributed by atoms with Crippen molar-refractivity contribution in [1.82, 2.24) is 20.2 Å². The van der Waals surface area contributed by atoms with E-state index < -0.39 is 5.97 Å². The fraction of sp³-hybridized carbons (Fsp3) is 0.300. The van der Waals surface area contributed by atoms with Crippen LogP contribution in [0.2, 0.25) is 0 Å². The highest BCUT2D eigenvalue weighted by molar-refractivity contribution is 7.99. The van der Waals surface area contributed by atoms with E-state index in [2.05, 4.69) is 20.8 Å². The standard InChI is InChI=1S/C20H21N5O5S2/c1-5-30-19(28)16-11(2)17(12(3)26)32-18(16)21-15(27)10-31-20-22-23-24-25(20)13-7-6-8-14(9-13)29-4/h6-9H,5,10H2,1-4H3,(H,21,27). The zero-order chi connectivity index (χ0) is 23.3. The van der Waals surface area contributed by atoms with Crippen LogP contribution >= 0.6 is 23.1 Å². The second kappa shape index (κ2) is 10.4. The summed E-state index contributed by atoms with van der Waals surface area (Å²) in [5.74, 6) is -0.521. The monoisotopic (exact) mass is 475 g/mol. The number of thiophene rings is 1. The zero-order valence-electron chi connectivity index (χ0n) is 17.9. The van der Waals surface area contributed by atoms with Crippen LogP contribution < -0.4 is 10.1 Å². The predicted molar refractivity (Wildman–Crippen MR) is 120 cm³/mol. The summed E-state index contributed by atoms with van der Waals surface area (Å²) >= 11 is 2.18. The van der Waals surface area contributed by atoms with E-state index in [0.29, 0.717) is 27.0 Å². The number of hydrogen-bond donors (Lipinski definition) is 1. The van der Waals surface area contributed by atoms with Gasteiger partial charge in [0.1, 0.15) is 10.8 Å². The molecular formula is C20H21N5O5S2. The highest BCUT2D eigenvalue weighted by atomic mass is 32.2. The molecule has 0 spiro atoms. The molecular weight excluding hydrogens is 454 g/mol. The quantitative estimate of drug-likeness (QED) is 0.282. The third kappa shape index (κ3) is 5.14. The lowest BCUT2D eigenvalue weighted by molar-refractivity contribution is -0.113. The lowest BCUT2D eigenvalue weighted by Gasteiger charge is -2.08. The molecule has 2 heterocycles. The van der Waals surface area contributed by atoms with Gasteiger partial charge in [0, 0.05) is 6.07 Å². The highest BCUT2D eigenvalue weighted by Crippen LogP contribution is 2.34. The first-order valence-electron chi connectivity index (χ1n) is 9.52. The van der Waals surface area contributed by atoms with Crippen molar-refractivity contribution in [1.29, 1.82) is 0 Å². The Morgan fingerprint density at radius 2 is 2.06 bits per heavy atom. The molecule has 1 N–H and O–H groups in total. The van der Waals surface area contributed by atoms with E-state index in [1.165, 1.54) is 11.6 Å². The molecule has 1 aromatic carbocycles. The number of rotatable bonds is 9. The van der Waals surface area contributed by atoms with E-state index in [1.807, 2.05) is 6.07 Å². The van der Waals surface area contributed by atoms with Crippen LogP contribution in [-0.4, -0.2) is 57.3 Å². The third-order valence-corrected chi connectivity index (χ3v) is 6.50. The number of ether oxygens (including phenoxy) is 2. The molecule has 0 saturated heterocycles. The number of amides is 1. The summed E-state index contributed by atoms with van der Waals surface area (Å²) in [7, 11) is 1.56. The number of hydrogen-bond acceptors (Lipinski definition) is 10. The number of ketones is 1. The van der Waals surface area contributed by atoms with Gasteiger partial charge in [0.05, 0.1) is 35.6 Å². The zero-order valence-corrected chi connectivity index (χ0v) is 19.5. The van der Waals surface area contributed by atoms with Crippen molar-refractivity contribution < 1.29 is 23.9 Å². The number of carbonyl (C=O) groups is 3. The summed E-state index contributed by atoms with van der Waals surface area (Å²) in [6.07, 6.45) is 0. The van der Waals surface area contributed by atoms with Gasteiger partial charge in [-0.3, -0.25) is 9.59 Å². The van der Waals surface area contributed by atoms with E-state index in [1.54, 1.807) is 39.2 Å². The largest absolute Gasteiger partial charge is 0.497 e. The number of tetrazole rings is 1. The van der Waals surface area contributed by atoms with Gasteiger partial charge in [0.15, 0.2) is 5.78 Å². The maximum absolute atomic E-state index is 12.6. The van der Waals surface area contributed by atoms with Crippen LogP contribution in [0.15, 0.2) is 29.4 Å². The number of aromatic nitrogens is 4. The first kappa shape index (κ1) is 23.4. The molecule has 168 valence electrons. The van der Waals surface area contributed by atoms with Gasteiger partial charge in [-0.25, -0.2) is 4.79 Å². The molecule has 32 heavy (non-hydrogen) atoms. The van der Waals surface area contributed by atoms with Crippen molar-refractivity contribution in [3.63, 3.8) is 0 Å². The molecule has 0 unspecified atom stereocenters. The molecule has 10 nitrogen and oxygen atoms in total. The van der Waals surface area contributed by atoms with Gasteiger partial charge in [0.25, 0.3) is 0 Å². The molecule has 2 aromatic heterocycles. The van der Waals surface area contributed by atoms with Crippen molar-refractivity contribution in [2.75, 3.05) is 24.8 Å². The van der Waals surface area contributed by atoms with Gasteiger partial charge >= 0.3 is 5.97 Å². The first-order chi connectivity index (χ1) is 15.3. The number of Topliss-reactive ketones (excluding diaryl/α,β-unsaturated/α-hetero) is 1. The highest BCUT2D eigenvalue weighted by Gasteiger charge is 2.25. The number of methoxy groups -OCH3 is 1. The second-order valence-electron chi connectivity index (χ2n) is 6.45. The van der Waals surface area contributed by atoms with E-state index in [-0.39, 0.29) is 34.6 Å². The van der Waals surface area contributed by atoms with Crippen molar-refractivity contribution in [2.45, 2.75) is 25.9 Å². The van der Waals surface area contributed by atoms with E-state index in [9.17, 15) is 14.4 Å². The van der Waals surface area contributed by atoms with Crippen LogP contribution in [0, 0.1) is 6.92 Å².